The third kappa shape index (κ3) is 6.79. The Kier molecular flexibility index (Phi) is 8.38. The second-order valence-corrected chi connectivity index (χ2v) is 7.54. The number of aliphatic imine (C=N–C) groups is 1. The predicted octanol–water partition coefficient (Wildman–Crippen LogP) is 4.09. The molecule has 2 aromatic carbocycles. The predicted molar refractivity (Wildman–Crippen MR) is 118 cm³/mol. The van der Waals surface area contributed by atoms with E-state index in [4.69, 9.17) is 9.47 Å². The average Bonchev–Trinajstić information content (AvgIpc) is 2.78. The Hall–Kier alpha value is -2.53. The van der Waals surface area contributed by atoms with Gasteiger partial charge < -0.3 is 19.7 Å². The topological polar surface area (TPSA) is 46.1 Å². The van der Waals surface area contributed by atoms with Crippen LogP contribution in [0.1, 0.15) is 30.4 Å². The van der Waals surface area contributed by atoms with E-state index in [0.717, 1.165) is 43.9 Å². The number of benzene rings is 2. The molecular weight excluding hydrogens is 362 g/mol. The molecule has 0 amide bonds. The summed E-state index contributed by atoms with van der Waals surface area (Å²) in [5, 5.41) is 3.51. The first kappa shape index (κ1) is 21.2. The molecule has 1 heterocycles. The molecule has 0 unspecified atom stereocenters. The molecule has 0 aromatic heterocycles. The standard InChI is InChI=1S/C24H33N3O2/c1-25-24(27(2)15-12-20-13-16-28-17-14-20)26-18-21-8-6-7-9-22(21)19-29-23-10-4-3-5-11-23/h3-11,20H,12-19H2,1-2H3,(H,25,26). The van der Waals surface area contributed by atoms with E-state index in [1.165, 1.54) is 30.4 Å². The van der Waals surface area contributed by atoms with E-state index in [0.29, 0.717) is 6.61 Å². The van der Waals surface area contributed by atoms with Gasteiger partial charge in [0.05, 0.1) is 0 Å². The van der Waals surface area contributed by atoms with Crippen LogP contribution in [0.2, 0.25) is 0 Å². The van der Waals surface area contributed by atoms with Crippen LogP contribution in [-0.4, -0.2) is 44.7 Å². The smallest absolute Gasteiger partial charge is 0.193 e. The molecule has 5 nitrogen and oxygen atoms in total. The monoisotopic (exact) mass is 395 g/mol. The Morgan fingerprint density at radius 2 is 1.76 bits per heavy atom. The highest BCUT2D eigenvalue weighted by Crippen LogP contribution is 2.19. The molecule has 0 aliphatic carbocycles. The Morgan fingerprint density at radius 1 is 1.07 bits per heavy atom. The van der Waals surface area contributed by atoms with Crippen LogP contribution in [-0.2, 0) is 17.9 Å². The van der Waals surface area contributed by atoms with Crippen molar-refractivity contribution in [1.29, 1.82) is 0 Å². The number of rotatable bonds is 8. The molecule has 1 fully saturated rings. The molecule has 1 aliphatic rings. The van der Waals surface area contributed by atoms with Crippen molar-refractivity contribution in [3.8, 4) is 5.75 Å². The van der Waals surface area contributed by atoms with Gasteiger partial charge in [0.1, 0.15) is 12.4 Å². The number of guanidine groups is 1. The third-order valence-electron chi connectivity index (χ3n) is 5.48. The fourth-order valence-electron chi connectivity index (χ4n) is 3.62. The number of hydrogen-bond acceptors (Lipinski definition) is 3. The molecule has 3 rings (SSSR count). The van der Waals surface area contributed by atoms with Crippen molar-refractivity contribution in [2.45, 2.75) is 32.4 Å². The molecule has 0 atom stereocenters. The van der Waals surface area contributed by atoms with E-state index in [9.17, 15) is 0 Å². The van der Waals surface area contributed by atoms with Gasteiger partial charge in [0.15, 0.2) is 5.96 Å². The fourth-order valence-corrected chi connectivity index (χ4v) is 3.62. The van der Waals surface area contributed by atoms with Crippen molar-refractivity contribution in [1.82, 2.24) is 10.2 Å². The van der Waals surface area contributed by atoms with Crippen molar-refractivity contribution in [2.75, 3.05) is 33.9 Å². The first-order chi connectivity index (χ1) is 14.3. The van der Waals surface area contributed by atoms with Gasteiger partial charge in [-0.2, -0.15) is 0 Å². The number of nitrogens with zero attached hydrogens (tertiary/aromatic N) is 2. The maximum Gasteiger partial charge on any atom is 0.193 e. The molecule has 2 aromatic rings. The Morgan fingerprint density at radius 3 is 2.48 bits per heavy atom. The highest BCUT2D eigenvalue weighted by atomic mass is 16.5. The van der Waals surface area contributed by atoms with E-state index >= 15 is 0 Å². The summed E-state index contributed by atoms with van der Waals surface area (Å²) in [6.07, 6.45) is 3.53. The second kappa shape index (κ2) is 11.5. The van der Waals surface area contributed by atoms with Gasteiger partial charge in [0.2, 0.25) is 0 Å². The lowest BCUT2D eigenvalue weighted by Crippen LogP contribution is -2.39. The van der Waals surface area contributed by atoms with Crippen molar-refractivity contribution in [3.63, 3.8) is 0 Å². The average molecular weight is 396 g/mol. The first-order valence-electron chi connectivity index (χ1n) is 10.5. The number of ether oxygens (including phenoxy) is 2. The zero-order valence-corrected chi connectivity index (χ0v) is 17.6. The van der Waals surface area contributed by atoms with Crippen LogP contribution >= 0.6 is 0 Å². The van der Waals surface area contributed by atoms with Crippen molar-refractivity contribution in [3.05, 3.63) is 65.7 Å². The van der Waals surface area contributed by atoms with Crippen LogP contribution in [0.5, 0.6) is 5.75 Å². The van der Waals surface area contributed by atoms with Crippen LogP contribution in [0.4, 0.5) is 0 Å². The van der Waals surface area contributed by atoms with Gasteiger partial charge >= 0.3 is 0 Å². The molecule has 0 radical (unpaired) electrons. The van der Waals surface area contributed by atoms with Gasteiger partial charge in [-0.3, -0.25) is 4.99 Å². The second-order valence-electron chi connectivity index (χ2n) is 7.54. The summed E-state index contributed by atoms with van der Waals surface area (Å²) in [4.78, 5) is 6.69. The van der Waals surface area contributed by atoms with Crippen molar-refractivity contribution in [2.24, 2.45) is 10.9 Å². The van der Waals surface area contributed by atoms with E-state index in [-0.39, 0.29) is 0 Å². The van der Waals surface area contributed by atoms with Crippen LogP contribution < -0.4 is 10.1 Å². The van der Waals surface area contributed by atoms with Gasteiger partial charge in [0.25, 0.3) is 0 Å². The largest absolute Gasteiger partial charge is 0.489 e. The maximum atomic E-state index is 5.94. The normalized spacial score (nSPS) is 15.2. The van der Waals surface area contributed by atoms with Crippen LogP contribution in [0, 0.1) is 5.92 Å². The molecular formula is C24H33N3O2. The molecule has 5 heteroatoms. The zero-order valence-electron chi connectivity index (χ0n) is 17.6. The molecule has 29 heavy (non-hydrogen) atoms. The lowest BCUT2D eigenvalue weighted by molar-refractivity contribution is 0.0625. The summed E-state index contributed by atoms with van der Waals surface area (Å²) >= 11 is 0. The van der Waals surface area contributed by atoms with E-state index < -0.39 is 0 Å². The summed E-state index contributed by atoms with van der Waals surface area (Å²) in [5.41, 5.74) is 2.41. The van der Waals surface area contributed by atoms with Gasteiger partial charge in [-0.1, -0.05) is 42.5 Å². The van der Waals surface area contributed by atoms with Gasteiger partial charge in [0, 0.05) is 40.4 Å². The minimum atomic E-state index is 0.556. The summed E-state index contributed by atoms with van der Waals surface area (Å²) in [5.74, 6) is 2.58. The summed E-state index contributed by atoms with van der Waals surface area (Å²) in [7, 11) is 3.96. The Bertz CT molecular complexity index is 758. The van der Waals surface area contributed by atoms with Crippen molar-refractivity contribution < 1.29 is 9.47 Å². The lowest BCUT2D eigenvalue weighted by atomic mass is 9.96. The van der Waals surface area contributed by atoms with E-state index in [1.54, 1.807) is 0 Å². The molecule has 1 aliphatic heterocycles. The number of para-hydroxylation sites is 1. The molecule has 1 N–H and O–H groups in total. The first-order valence-corrected chi connectivity index (χ1v) is 10.5. The van der Waals surface area contributed by atoms with Gasteiger partial charge in [-0.25, -0.2) is 0 Å². The van der Waals surface area contributed by atoms with Crippen molar-refractivity contribution >= 4 is 5.96 Å². The van der Waals surface area contributed by atoms with E-state index in [2.05, 4.69) is 46.5 Å². The van der Waals surface area contributed by atoms with Crippen LogP contribution in [0.3, 0.4) is 0 Å². The molecule has 0 saturated carbocycles. The highest BCUT2D eigenvalue weighted by Gasteiger charge is 2.15. The Labute approximate surface area is 174 Å². The lowest BCUT2D eigenvalue weighted by Gasteiger charge is -2.27. The number of nitrogens with one attached hydrogen (secondary N) is 1. The highest BCUT2D eigenvalue weighted by molar-refractivity contribution is 5.79. The SMILES string of the molecule is CN=C(NCc1ccccc1COc1ccccc1)N(C)CCC1CCOCC1. The number of hydrogen-bond donors (Lipinski definition) is 1. The minimum absolute atomic E-state index is 0.556. The summed E-state index contributed by atoms with van der Waals surface area (Å²) in [6, 6.07) is 18.3. The van der Waals surface area contributed by atoms with Crippen LogP contribution in [0.25, 0.3) is 0 Å². The molecule has 0 bridgehead atoms. The summed E-state index contributed by atoms with van der Waals surface area (Å²) in [6.45, 7) is 4.10. The zero-order chi connectivity index (χ0) is 20.3. The maximum absolute atomic E-state index is 5.94. The van der Waals surface area contributed by atoms with E-state index in [1.807, 2.05) is 37.4 Å². The minimum Gasteiger partial charge on any atom is -0.489 e. The molecule has 0 spiro atoms. The Balaban J connectivity index is 1.51. The summed E-state index contributed by atoms with van der Waals surface area (Å²) < 4.78 is 11.4. The van der Waals surface area contributed by atoms with Gasteiger partial charge in [-0.05, 0) is 48.4 Å². The fraction of sp³-hybridized carbons (Fsp3) is 0.458. The quantitative estimate of drug-likeness (QED) is 0.540. The van der Waals surface area contributed by atoms with Crippen LogP contribution in [0.15, 0.2) is 59.6 Å². The molecule has 1 saturated heterocycles. The van der Waals surface area contributed by atoms with Gasteiger partial charge in [-0.15, -0.1) is 0 Å². The third-order valence-corrected chi connectivity index (χ3v) is 5.48. The molecule has 156 valence electrons.